The number of halogens is 1. The van der Waals surface area contributed by atoms with E-state index in [0.29, 0.717) is 23.8 Å². The number of rotatable bonds is 6. The largest absolute Gasteiger partial charge is 0.379 e. The molecule has 0 radical (unpaired) electrons. The lowest BCUT2D eigenvalue weighted by Gasteiger charge is -2.09. The van der Waals surface area contributed by atoms with E-state index in [4.69, 9.17) is 5.26 Å². The minimum Gasteiger partial charge on any atom is -0.379 e. The van der Waals surface area contributed by atoms with Crippen LogP contribution in [0.2, 0.25) is 0 Å². The summed E-state index contributed by atoms with van der Waals surface area (Å²) in [6.07, 6.45) is 1.84. The molecule has 0 bridgehead atoms. The van der Waals surface area contributed by atoms with Crippen LogP contribution in [0.15, 0.2) is 60.7 Å². The van der Waals surface area contributed by atoms with Gasteiger partial charge in [0.15, 0.2) is 5.65 Å². The number of fused-ring (bicyclic) bond motifs is 1. The molecule has 0 aliphatic heterocycles. The topological polar surface area (TPSA) is 95.1 Å². The maximum atomic E-state index is 14.0. The van der Waals surface area contributed by atoms with Gasteiger partial charge in [-0.05, 0) is 48.7 Å². The summed E-state index contributed by atoms with van der Waals surface area (Å²) in [6, 6.07) is 19.8. The molecular weight excluding hydrogens is 407 g/mol. The van der Waals surface area contributed by atoms with Crippen molar-refractivity contribution < 1.29 is 9.18 Å². The van der Waals surface area contributed by atoms with Crippen molar-refractivity contribution in [1.29, 1.82) is 5.26 Å². The van der Waals surface area contributed by atoms with Gasteiger partial charge >= 0.3 is 0 Å². The van der Waals surface area contributed by atoms with Crippen molar-refractivity contribution in [3.63, 3.8) is 0 Å². The van der Waals surface area contributed by atoms with Crippen LogP contribution in [0.4, 0.5) is 16.0 Å². The van der Waals surface area contributed by atoms with Crippen molar-refractivity contribution in [2.45, 2.75) is 19.4 Å². The third kappa shape index (κ3) is 4.01. The number of nitriles is 1. The summed E-state index contributed by atoms with van der Waals surface area (Å²) in [7, 11) is 0. The molecule has 32 heavy (non-hydrogen) atoms. The standard InChI is InChI=1S/C24H19FN6O/c25-19-12-16(13-26)6-11-20(19)27-14-15-4-7-17(8-5-15)21-2-1-3-22-28-24(30-31(21)22)29-23(32)18-9-10-18/h1-8,11-12,18,27H,9-10,14H2,(H,29,30,32). The highest BCUT2D eigenvalue weighted by molar-refractivity contribution is 5.92. The second-order valence-electron chi connectivity index (χ2n) is 7.74. The molecule has 4 aromatic rings. The highest BCUT2D eigenvalue weighted by Gasteiger charge is 2.30. The molecule has 158 valence electrons. The number of nitrogens with zero attached hydrogens (tertiary/aromatic N) is 4. The van der Waals surface area contributed by atoms with Gasteiger partial charge in [-0.2, -0.15) is 10.2 Å². The summed E-state index contributed by atoms with van der Waals surface area (Å²) < 4.78 is 15.8. The third-order valence-electron chi connectivity index (χ3n) is 5.37. The Bertz CT molecular complexity index is 1350. The Labute approximate surface area is 183 Å². The minimum atomic E-state index is -0.455. The van der Waals surface area contributed by atoms with Crippen LogP contribution < -0.4 is 10.6 Å². The molecule has 1 saturated carbocycles. The summed E-state index contributed by atoms with van der Waals surface area (Å²) in [4.78, 5) is 16.4. The van der Waals surface area contributed by atoms with Gasteiger partial charge in [-0.25, -0.2) is 8.91 Å². The van der Waals surface area contributed by atoms with E-state index < -0.39 is 5.82 Å². The van der Waals surface area contributed by atoms with E-state index in [1.165, 1.54) is 6.07 Å². The van der Waals surface area contributed by atoms with Crippen molar-refractivity contribution in [1.82, 2.24) is 14.6 Å². The summed E-state index contributed by atoms with van der Waals surface area (Å²) >= 11 is 0. The average Bonchev–Trinajstić information content (AvgIpc) is 3.58. The number of benzene rings is 2. The zero-order valence-corrected chi connectivity index (χ0v) is 17.0. The number of aromatic nitrogens is 3. The van der Waals surface area contributed by atoms with Crippen LogP contribution in [-0.4, -0.2) is 20.5 Å². The average molecular weight is 426 g/mol. The summed E-state index contributed by atoms with van der Waals surface area (Å²) in [5.41, 5.74) is 4.04. The van der Waals surface area contributed by atoms with Crippen LogP contribution in [0, 0.1) is 23.1 Å². The summed E-state index contributed by atoms with van der Waals surface area (Å²) in [5, 5.41) is 19.1. The van der Waals surface area contributed by atoms with Gasteiger partial charge in [-0.1, -0.05) is 30.3 Å². The Balaban J connectivity index is 1.32. The molecule has 5 rings (SSSR count). The lowest BCUT2D eigenvalue weighted by atomic mass is 10.1. The quantitative estimate of drug-likeness (QED) is 0.477. The first kappa shape index (κ1) is 19.7. The predicted octanol–water partition coefficient (Wildman–Crippen LogP) is 4.37. The van der Waals surface area contributed by atoms with Crippen LogP contribution >= 0.6 is 0 Å². The van der Waals surface area contributed by atoms with Gasteiger partial charge < -0.3 is 5.32 Å². The fraction of sp³-hybridized carbons (Fsp3) is 0.167. The van der Waals surface area contributed by atoms with Crippen molar-refractivity contribution in [2.24, 2.45) is 5.92 Å². The SMILES string of the molecule is N#Cc1ccc(NCc2ccc(-c3cccc4nc(NC(=O)C5CC5)nn34)cc2)c(F)c1. The molecule has 2 heterocycles. The zero-order chi connectivity index (χ0) is 22.1. The van der Waals surface area contributed by atoms with Crippen LogP contribution in [0.1, 0.15) is 24.0 Å². The third-order valence-corrected chi connectivity index (χ3v) is 5.37. The Hall–Kier alpha value is -4.25. The molecule has 2 N–H and O–H groups in total. The van der Waals surface area contributed by atoms with Gasteiger partial charge in [-0.15, -0.1) is 5.10 Å². The Morgan fingerprint density at radius 3 is 2.69 bits per heavy atom. The fourth-order valence-corrected chi connectivity index (χ4v) is 3.45. The fourth-order valence-electron chi connectivity index (χ4n) is 3.45. The Morgan fingerprint density at radius 2 is 1.97 bits per heavy atom. The molecule has 1 amide bonds. The van der Waals surface area contributed by atoms with Gasteiger partial charge in [0, 0.05) is 18.0 Å². The van der Waals surface area contributed by atoms with Crippen molar-refractivity contribution in [3.8, 4) is 17.3 Å². The number of nitrogens with one attached hydrogen (secondary N) is 2. The van der Waals surface area contributed by atoms with Gasteiger partial charge in [-0.3, -0.25) is 10.1 Å². The predicted molar refractivity (Wildman–Crippen MR) is 118 cm³/mol. The number of hydrogen-bond acceptors (Lipinski definition) is 5. The van der Waals surface area contributed by atoms with Crippen LogP contribution in [0.3, 0.4) is 0 Å². The van der Waals surface area contributed by atoms with Gasteiger partial charge in [0.05, 0.1) is 23.0 Å². The van der Waals surface area contributed by atoms with Crippen molar-refractivity contribution >= 4 is 23.2 Å². The molecular formula is C24H19FN6O. The lowest BCUT2D eigenvalue weighted by molar-refractivity contribution is -0.117. The van der Waals surface area contributed by atoms with Crippen LogP contribution in [-0.2, 0) is 11.3 Å². The molecule has 8 heteroatoms. The normalized spacial score (nSPS) is 13.0. The van der Waals surface area contributed by atoms with Crippen molar-refractivity contribution in [3.05, 3.63) is 77.6 Å². The number of anilines is 2. The molecule has 1 fully saturated rings. The summed E-state index contributed by atoms with van der Waals surface area (Å²) in [5.74, 6) is -0.0965. The van der Waals surface area contributed by atoms with Gasteiger partial charge in [0.2, 0.25) is 11.9 Å². The van der Waals surface area contributed by atoms with E-state index in [9.17, 15) is 9.18 Å². The van der Waals surface area contributed by atoms with Gasteiger partial charge in [0.1, 0.15) is 5.82 Å². The van der Waals surface area contributed by atoms with E-state index in [-0.39, 0.29) is 17.4 Å². The first-order valence-electron chi connectivity index (χ1n) is 10.3. The maximum Gasteiger partial charge on any atom is 0.249 e. The van der Waals surface area contributed by atoms with Crippen LogP contribution in [0.25, 0.3) is 16.9 Å². The highest BCUT2D eigenvalue weighted by Crippen LogP contribution is 2.30. The molecule has 7 nitrogen and oxygen atoms in total. The zero-order valence-electron chi connectivity index (χ0n) is 17.0. The molecule has 0 spiro atoms. The highest BCUT2D eigenvalue weighted by atomic mass is 19.1. The second kappa shape index (κ2) is 8.12. The Morgan fingerprint density at radius 1 is 1.16 bits per heavy atom. The molecule has 2 aromatic heterocycles. The smallest absolute Gasteiger partial charge is 0.249 e. The van der Waals surface area contributed by atoms with E-state index in [1.807, 2.05) is 48.5 Å². The molecule has 1 aliphatic rings. The summed E-state index contributed by atoms with van der Waals surface area (Å²) in [6.45, 7) is 0.438. The first-order valence-corrected chi connectivity index (χ1v) is 10.3. The molecule has 2 aromatic carbocycles. The van der Waals surface area contributed by atoms with E-state index in [2.05, 4.69) is 20.7 Å². The minimum absolute atomic E-state index is 0.0296. The van der Waals surface area contributed by atoms with E-state index in [1.54, 1.807) is 16.6 Å². The number of carbonyl (C=O) groups is 1. The van der Waals surface area contributed by atoms with E-state index >= 15 is 0 Å². The van der Waals surface area contributed by atoms with Crippen LogP contribution in [0.5, 0.6) is 0 Å². The maximum absolute atomic E-state index is 14.0. The number of pyridine rings is 1. The molecule has 0 unspecified atom stereocenters. The van der Waals surface area contributed by atoms with Gasteiger partial charge in [0.25, 0.3) is 0 Å². The Kier molecular flexibility index (Phi) is 5.00. The van der Waals surface area contributed by atoms with E-state index in [0.717, 1.165) is 29.7 Å². The number of hydrogen-bond donors (Lipinski definition) is 2. The second-order valence-corrected chi connectivity index (χ2v) is 7.74. The molecule has 0 saturated heterocycles. The lowest BCUT2D eigenvalue weighted by Crippen LogP contribution is -2.14. The first-order chi connectivity index (χ1) is 15.6. The molecule has 1 aliphatic carbocycles. The number of amides is 1. The van der Waals surface area contributed by atoms with Crippen molar-refractivity contribution in [2.75, 3.05) is 10.6 Å². The number of carbonyl (C=O) groups excluding carboxylic acids is 1. The molecule has 0 atom stereocenters. The monoisotopic (exact) mass is 426 g/mol.